The Balaban J connectivity index is 1.36. The maximum atomic E-state index is 14.6. The van der Waals surface area contributed by atoms with E-state index < -0.39 is 69.3 Å². The van der Waals surface area contributed by atoms with E-state index in [1.165, 1.54) is 19.0 Å². The fraction of sp³-hybridized carbons (Fsp3) is 0.564. The van der Waals surface area contributed by atoms with Crippen molar-refractivity contribution in [3.05, 3.63) is 48.9 Å². The van der Waals surface area contributed by atoms with Crippen LogP contribution in [0.5, 0.6) is 6.01 Å². The molecule has 2 fully saturated rings. The van der Waals surface area contributed by atoms with Crippen LogP contribution in [0.2, 0.25) is 0 Å². The Morgan fingerprint density at radius 1 is 1.11 bits per heavy atom. The maximum Gasteiger partial charge on any atom is 0.408 e. The third-order valence-corrected chi connectivity index (χ3v) is 11.8. The van der Waals surface area contributed by atoms with Gasteiger partial charge in [0.1, 0.15) is 34.8 Å². The van der Waals surface area contributed by atoms with E-state index in [4.69, 9.17) is 14.5 Å². The zero-order valence-corrected chi connectivity index (χ0v) is 34.3. The molecule has 1 saturated heterocycles. The highest BCUT2D eigenvalue weighted by Crippen LogP contribution is 2.46. The number of hydrogen-bond donors (Lipinski definition) is 3. The highest BCUT2D eigenvalue weighted by molar-refractivity contribution is 7.87. The zero-order valence-electron chi connectivity index (χ0n) is 33.5. The fourth-order valence-electron chi connectivity index (χ4n) is 7.39. The first-order chi connectivity index (χ1) is 26.9. The van der Waals surface area contributed by atoms with E-state index in [0.717, 1.165) is 28.2 Å². The predicted octanol–water partition coefficient (Wildman–Crippen LogP) is 3.63. The Morgan fingerprint density at radius 3 is 2.56 bits per heavy atom. The molecule has 5 atom stereocenters. The second-order valence-electron chi connectivity index (χ2n) is 16.4. The second kappa shape index (κ2) is 16.4. The number of amides is 4. The largest absolute Gasteiger partial charge is 0.459 e. The molecule has 57 heavy (non-hydrogen) atoms. The summed E-state index contributed by atoms with van der Waals surface area (Å²) in [6, 6.07) is 3.73. The Labute approximate surface area is 333 Å². The van der Waals surface area contributed by atoms with Crippen LogP contribution in [0.3, 0.4) is 0 Å². The number of benzene rings is 1. The molecular formula is C39H53N9O8S. The van der Waals surface area contributed by atoms with Gasteiger partial charge in [0, 0.05) is 50.4 Å². The number of ether oxygens (including phenoxy) is 2. The molecule has 4 amide bonds. The van der Waals surface area contributed by atoms with Crippen LogP contribution in [-0.2, 0) is 29.3 Å². The number of para-hydroxylation sites is 1. The summed E-state index contributed by atoms with van der Waals surface area (Å²) in [5.74, 6) is -2.52. The summed E-state index contributed by atoms with van der Waals surface area (Å²) in [4.78, 5) is 70.9. The first-order valence-electron chi connectivity index (χ1n) is 19.4. The van der Waals surface area contributed by atoms with Crippen LogP contribution in [0.1, 0.15) is 85.6 Å². The number of allylic oxidation sites excluding steroid dienone is 1. The number of carbonyl (C=O) groups excluding carboxylic acids is 4. The molecule has 0 unspecified atom stereocenters. The van der Waals surface area contributed by atoms with E-state index in [0.29, 0.717) is 30.5 Å². The van der Waals surface area contributed by atoms with Gasteiger partial charge < -0.3 is 25.0 Å². The number of nitrogens with zero attached hydrogens (tertiary/aromatic N) is 6. The quantitative estimate of drug-likeness (QED) is 0.280. The van der Waals surface area contributed by atoms with Crippen molar-refractivity contribution in [3.63, 3.8) is 0 Å². The molecule has 3 aliphatic rings. The van der Waals surface area contributed by atoms with Crippen LogP contribution in [0.25, 0.3) is 22.3 Å². The van der Waals surface area contributed by atoms with Crippen LogP contribution in [0.15, 0.2) is 48.9 Å². The van der Waals surface area contributed by atoms with Gasteiger partial charge in [-0.2, -0.15) is 17.7 Å². The van der Waals surface area contributed by atoms with Crippen LogP contribution in [0.4, 0.5) is 4.79 Å². The van der Waals surface area contributed by atoms with Gasteiger partial charge in [0.25, 0.3) is 11.9 Å². The fourth-order valence-corrected chi connectivity index (χ4v) is 7.99. The van der Waals surface area contributed by atoms with Gasteiger partial charge >= 0.3 is 16.3 Å². The van der Waals surface area contributed by atoms with Gasteiger partial charge in [-0.25, -0.2) is 9.52 Å². The second-order valence-corrected chi connectivity index (χ2v) is 18.2. The van der Waals surface area contributed by atoms with Crippen molar-refractivity contribution in [2.45, 2.75) is 115 Å². The molecule has 0 spiro atoms. The number of alkyl carbamates (subject to hydrolysis) is 1. The van der Waals surface area contributed by atoms with Gasteiger partial charge in [-0.15, -0.1) is 0 Å². The summed E-state index contributed by atoms with van der Waals surface area (Å²) in [5, 5.41) is 5.61. The topological polar surface area (TPSA) is 207 Å². The van der Waals surface area contributed by atoms with Crippen molar-refractivity contribution in [1.82, 2.24) is 44.1 Å². The number of hydrogen-bond acceptors (Lipinski definition) is 11. The lowest BCUT2D eigenvalue weighted by atomic mass is 10.0. The molecule has 0 radical (unpaired) electrons. The minimum Gasteiger partial charge on any atom is -0.459 e. The monoisotopic (exact) mass is 807 g/mol. The number of aromatic nitrogens is 4. The molecule has 6 rings (SSSR count). The van der Waals surface area contributed by atoms with E-state index in [-0.39, 0.29) is 31.4 Å². The van der Waals surface area contributed by atoms with Crippen molar-refractivity contribution in [2.75, 3.05) is 20.6 Å². The Hall–Kier alpha value is -5.10. The first-order valence-corrected chi connectivity index (χ1v) is 20.8. The van der Waals surface area contributed by atoms with E-state index in [9.17, 15) is 27.6 Å². The van der Waals surface area contributed by atoms with Crippen molar-refractivity contribution in [2.24, 2.45) is 5.92 Å². The van der Waals surface area contributed by atoms with Gasteiger partial charge in [-0.1, -0.05) is 37.1 Å². The molecule has 1 aliphatic carbocycles. The average Bonchev–Trinajstić information content (AvgIpc) is 3.46. The number of rotatable bonds is 8. The third-order valence-electron chi connectivity index (χ3n) is 10.4. The molecule has 1 aromatic carbocycles. The van der Waals surface area contributed by atoms with Crippen molar-refractivity contribution in [1.29, 1.82) is 0 Å². The van der Waals surface area contributed by atoms with Gasteiger partial charge in [0.15, 0.2) is 0 Å². The van der Waals surface area contributed by atoms with E-state index >= 15 is 0 Å². The summed E-state index contributed by atoms with van der Waals surface area (Å²) < 4.78 is 42.6. The van der Waals surface area contributed by atoms with Crippen LogP contribution in [0, 0.1) is 5.92 Å². The van der Waals surface area contributed by atoms with E-state index in [2.05, 4.69) is 25.3 Å². The van der Waals surface area contributed by atoms with E-state index in [1.54, 1.807) is 39.4 Å². The molecule has 308 valence electrons. The summed E-state index contributed by atoms with van der Waals surface area (Å²) in [5.41, 5.74) is 0.422. The molecule has 17 nitrogen and oxygen atoms in total. The van der Waals surface area contributed by atoms with Gasteiger partial charge in [-0.05, 0) is 66.4 Å². The molecule has 4 heterocycles. The Kier molecular flexibility index (Phi) is 12.0. The van der Waals surface area contributed by atoms with Crippen LogP contribution in [-0.4, -0.2) is 111 Å². The Bertz CT molecular complexity index is 2130. The molecule has 1 saturated carbocycles. The summed E-state index contributed by atoms with van der Waals surface area (Å²) >= 11 is 0. The maximum absolute atomic E-state index is 14.6. The molecule has 18 heteroatoms. The van der Waals surface area contributed by atoms with Crippen LogP contribution < -0.4 is 20.1 Å². The average molecular weight is 808 g/mol. The molecule has 3 aromatic rings. The predicted molar refractivity (Wildman–Crippen MR) is 211 cm³/mol. The standard InChI is InChI=1S/C39H53N9O8S/c1-24(2)48-30-17-13-15-27(29-22-40-18-19-41-29)32(30)43-36(48)55-26-20-31-33(49)44-39(35(51)45-57(53,54)46(6)7)21-25(39)14-11-9-8-10-12-16-28(34(50)47(31)23-26)42-37(52)56-38(3,4)5/h11,13-15,17-19,22,24-26,28,31H,8-10,12,16,20-21,23H2,1-7H3,(H,42,52)(H,44,49)(H,45,51)/b14-11-/t25-,26-,28+,31+,39-/m1/s1. The van der Waals surface area contributed by atoms with Crippen molar-refractivity contribution < 1.29 is 37.1 Å². The lowest BCUT2D eigenvalue weighted by molar-refractivity contribution is -0.141. The summed E-state index contributed by atoms with van der Waals surface area (Å²) in [6.07, 6.45) is 10.4. The highest BCUT2D eigenvalue weighted by Gasteiger charge is 2.62. The number of imidazole rings is 1. The van der Waals surface area contributed by atoms with Gasteiger partial charge in [0.2, 0.25) is 11.8 Å². The smallest absolute Gasteiger partial charge is 0.408 e. The molecular weight excluding hydrogens is 755 g/mol. The highest BCUT2D eigenvalue weighted by atomic mass is 32.2. The minimum absolute atomic E-state index is 0.0171. The third kappa shape index (κ3) is 9.22. The molecule has 2 aromatic heterocycles. The summed E-state index contributed by atoms with van der Waals surface area (Å²) in [6.45, 7) is 9.12. The number of fused-ring (bicyclic) bond motifs is 3. The normalized spacial score (nSPS) is 25.2. The molecule has 0 bridgehead atoms. The van der Waals surface area contributed by atoms with Crippen molar-refractivity contribution >= 4 is 45.1 Å². The number of nitrogens with one attached hydrogen (secondary N) is 3. The Morgan fingerprint density at radius 2 is 1.88 bits per heavy atom. The summed E-state index contributed by atoms with van der Waals surface area (Å²) in [7, 11) is -1.60. The zero-order chi connectivity index (χ0) is 41.3. The van der Waals surface area contributed by atoms with Gasteiger partial charge in [0.05, 0.1) is 24.0 Å². The minimum atomic E-state index is -4.18. The lowest BCUT2D eigenvalue weighted by Crippen LogP contribution is -2.58. The molecule has 3 N–H and O–H groups in total. The molecule has 2 aliphatic heterocycles. The van der Waals surface area contributed by atoms with Crippen molar-refractivity contribution in [3.8, 4) is 17.3 Å². The SMILES string of the molecule is CC(C)n1c(O[C@@H]2C[C@H]3C(=O)N[C@]4(C(=O)NS(=O)(=O)N(C)C)C[C@H]4/C=C\CCCCC[C@H](NC(=O)OC(C)(C)C)C(=O)N3C2)nc2c(-c3cnccn3)cccc21. The van der Waals surface area contributed by atoms with Crippen LogP contribution >= 0.6 is 0 Å². The number of carbonyl (C=O) groups is 4. The van der Waals surface area contributed by atoms with Gasteiger partial charge in [-0.3, -0.25) is 28.9 Å². The lowest BCUT2D eigenvalue weighted by Gasteiger charge is -2.30. The first kappa shape index (κ1) is 41.5. The van der Waals surface area contributed by atoms with E-state index in [1.807, 2.05) is 48.8 Å².